The molecule has 0 saturated carbocycles. The molecule has 1 unspecified atom stereocenters. The van der Waals surface area contributed by atoms with E-state index in [2.05, 4.69) is 91.1 Å². The summed E-state index contributed by atoms with van der Waals surface area (Å²) in [7, 11) is 0. The minimum Gasteiger partial charge on any atom is -0.493 e. The van der Waals surface area contributed by atoms with E-state index >= 15 is 0 Å². The third kappa shape index (κ3) is 6.49. The van der Waals surface area contributed by atoms with Crippen LogP contribution >= 0.6 is 0 Å². The maximum atomic E-state index is 6.23. The van der Waals surface area contributed by atoms with E-state index < -0.39 is 0 Å². The van der Waals surface area contributed by atoms with Gasteiger partial charge in [-0.2, -0.15) is 0 Å². The molecule has 1 fully saturated rings. The van der Waals surface area contributed by atoms with Gasteiger partial charge in [0.2, 0.25) is 0 Å². The molecule has 2 aromatic heterocycles. The topological polar surface area (TPSA) is 75.2 Å². The third-order valence-electron chi connectivity index (χ3n) is 7.63. The number of likely N-dealkylation sites (tertiary alicyclic amines) is 1. The molecule has 0 spiro atoms. The van der Waals surface area contributed by atoms with Crippen LogP contribution < -0.4 is 15.4 Å². The van der Waals surface area contributed by atoms with Crippen molar-refractivity contribution in [2.24, 2.45) is 5.92 Å². The normalized spacial score (nSPS) is 15.4. The van der Waals surface area contributed by atoms with Crippen LogP contribution in [0.5, 0.6) is 5.75 Å². The lowest BCUT2D eigenvalue weighted by atomic mass is 10.1. The van der Waals surface area contributed by atoms with Gasteiger partial charge in [0.1, 0.15) is 17.9 Å². The molecule has 0 radical (unpaired) electrons. The number of hydrogen-bond donors (Lipinski definition) is 2. The zero-order valence-electron chi connectivity index (χ0n) is 22.8. The average Bonchev–Trinajstić information content (AvgIpc) is 3.46. The number of ether oxygens (including phenoxy) is 1. The molecule has 204 valence electrons. The molecule has 6 rings (SSSR count). The molecule has 1 aliphatic rings. The lowest BCUT2D eigenvalue weighted by Crippen LogP contribution is -2.28. The van der Waals surface area contributed by atoms with Crippen molar-refractivity contribution in [3.63, 3.8) is 0 Å². The Labute approximate surface area is 235 Å². The molecule has 3 heterocycles. The van der Waals surface area contributed by atoms with E-state index in [9.17, 15) is 0 Å². The fourth-order valence-electron chi connectivity index (χ4n) is 5.48. The summed E-state index contributed by atoms with van der Waals surface area (Å²) >= 11 is 0. The zero-order chi connectivity index (χ0) is 27.0. The van der Waals surface area contributed by atoms with Crippen molar-refractivity contribution < 1.29 is 4.74 Å². The number of pyridine rings is 1. The van der Waals surface area contributed by atoms with Crippen molar-refractivity contribution in [2.75, 3.05) is 50.0 Å². The highest BCUT2D eigenvalue weighted by atomic mass is 16.5. The Hall–Kier alpha value is -4.23. The number of anilines is 2. The second kappa shape index (κ2) is 12.7. The summed E-state index contributed by atoms with van der Waals surface area (Å²) in [6.45, 7) is 5.69. The van der Waals surface area contributed by atoms with Crippen molar-refractivity contribution in [1.29, 1.82) is 0 Å². The molecule has 5 aromatic rings. The van der Waals surface area contributed by atoms with Crippen LogP contribution in [0.4, 0.5) is 11.5 Å². The molecular formula is C33H36N6O. The van der Waals surface area contributed by atoms with Crippen LogP contribution in [0.2, 0.25) is 0 Å². The molecule has 0 aliphatic carbocycles. The molecule has 1 atom stereocenters. The van der Waals surface area contributed by atoms with E-state index in [1.807, 2.05) is 24.4 Å². The summed E-state index contributed by atoms with van der Waals surface area (Å²) in [5.74, 6) is 2.28. The molecule has 7 nitrogen and oxygen atoms in total. The predicted octanol–water partition coefficient (Wildman–Crippen LogP) is 6.04. The first kappa shape index (κ1) is 26.0. The maximum absolute atomic E-state index is 6.23. The highest BCUT2D eigenvalue weighted by Crippen LogP contribution is 2.26. The van der Waals surface area contributed by atoms with Crippen LogP contribution in [-0.2, 0) is 6.42 Å². The highest BCUT2D eigenvalue weighted by Gasteiger charge is 2.22. The number of para-hydroxylation sites is 1. The molecule has 1 saturated heterocycles. The first-order valence-corrected chi connectivity index (χ1v) is 14.3. The van der Waals surface area contributed by atoms with Gasteiger partial charge >= 0.3 is 0 Å². The zero-order valence-corrected chi connectivity index (χ0v) is 22.8. The van der Waals surface area contributed by atoms with Crippen molar-refractivity contribution in [1.82, 2.24) is 19.9 Å². The van der Waals surface area contributed by atoms with E-state index in [1.165, 1.54) is 10.9 Å². The van der Waals surface area contributed by atoms with Gasteiger partial charge in [0, 0.05) is 60.8 Å². The minimum atomic E-state index is 0.532. The van der Waals surface area contributed by atoms with E-state index in [4.69, 9.17) is 4.74 Å². The number of nitrogens with zero attached hydrogens (tertiary/aromatic N) is 4. The third-order valence-corrected chi connectivity index (χ3v) is 7.63. The first-order chi connectivity index (χ1) is 19.8. The van der Waals surface area contributed by atoms with E-state index in [0.717, 1.165) is 92.3 Å². The van der Waals surface area contributed by atoms with E-state index in [-0.39, 0.29) is 0 Å². The Bertz CT molecular complexity index is 1540. The maximum Gasteiger partial charge on any atom is 0.137 e. The number of hydrogen-bond acceptors (Lipinski definition) is 7. The number of rotatable bonds is 12. The predicted molar refractivity (Wildman–Crippen MR) is 163 cm³/mol. The Morgan fingerprint density at radius 2 is 1.73 bits per heavy atom. The summed E-state index contributed by atoms with van der Waals surface area (Å²) in [5.41, 5.74) is 4.44. The molecule has 40 heavy (non-hydrogen) atoms. The van der Waals surface area contributed by atoms with Gasteiger partial charge in [-0.05, 0) is 55.6 Å². The van der Waals surface area contributed by atoms with Gasteiger partial charge in [-0.1, -0.05) is 48.5 Å². The van der Waals surface area contributed by atoms with Gasteiger partial charge in [0.15, 0.2) is 0 Å². The van der Waals surface area contributed by atoms with E-state index in [1.54, 1.807) is 6.33 Å². The second-order valence-electron chi connectivity index (χ2n) is 10.5. The summed E-state index contributed by atoms with van der Waals surface area (Å²) in [5, 5.41) is 9.29. The molecular weight excluding hydrogens is 496 g/mol. The fraction of sp³-hybridized carbons (Fsp3) is 0.303. The van der Waals surface area contributed by atoms with E-state index in [0.29, 0.717) is 5.92 Å². The van der Waals surface area contributed by atoms with Crippen molar-refractivity contribution in [3.8, 4) is 5.75 Å². The van der Waals surface area contributed by atoms with Gasteiger partial charge in [-0.15, -0.1) is 0 Å². The van der Waals surface area contributed by atoms with Crippen molar-refractivity contribution in [3.05, 3.63) is 97.0 Å². The van der Waals surface area contributed by atoms with Crippen LogP contribution in [0, 0.1) is 5.92 Å². The number of aryl methyl sites for hydroxylation is 1. The average molecular weight is 533 g/mol. The summed E-state index contributed by atoms with van der Waals surface area (Å²) in [6, 6.07) is 27.0. The Kier molecular flexibility index (Phi) is 8.29. The van der Waals surface area contributed by atoms with Gasteiger partial charge in [0.25, 0.3) is 0 Å². The highest BCUT2D eigenvalue weighted by molar-refractivity contribution is 5.91. The quantitative estimate of drug-likeness (QED) is 0.190. The Balaban J connectivity index is 0.955. The molecule has 0 amide bonds. The summed E-state index contributed by atoms with van der Waals surface area (Å²) in [6.07, 6.45) is 6.75. The molecule has 2 N–H and O–H groups in total. The molecule has 3 aromatic carbocycles. The number of benzene rings is 3. The largest absolute Gasteiger partial charge is 0.493 e. The fourth-order valence-corrected chi connectivity index (χ4v) is 5.48. The molecule has 0 bridgehead atoms. The Morgan fingerprint density at radius 1 is 0.825 bits per heavy atom. The monoisotopic (exact) mass is 532 g/mol. The summed E-state index contributed by atoms with van der Waals surface area (Å²) in [4.78, 5) is 16.0. The van der Waals surface area contributed by atoms with Gasteiger partial charge < -0.3 is 20.3 Å². The van der Waals surface area contributed by atoms with Crippen LogP contribution in [0.25, 0.3) is 21.8 Å². The SMILES string of the molecule is c1ccc(CCCNc2ncnc3cc(OCC4CCN(CCNc5ccnc6ccccc56)C4)ccc23)cc1. The van der Waals surface area contributed by atoms with Gasteiger partial charge in [-0.3, -0.25) is 4.98 Å². The minimum absolute atomic E-state index is 0.532. The number of aromatic nitrogens is 3. The van der Waals surface area contributed by atoms with Crippen LogP contribution in [0.1, 0.15) is 18.4 Å². The van der Waals surface area contributed by atoms with Crippen molar-refractivity contribution >= 4 is 33.3 Å². The molecule has 1 aliphatic heterocycles. The lowest BCUT2D eigenvalue weighted by molar-refractivity contribution is 0.243. The number of nitrogens with one attached hydrogen (secondary N) is 2. The standard InChI is InChI=1S/C33H36N6O/c1-2-7-25(8-3-1)9-6-16-36-33-29-13-12-27(21-32(29)37-24-38-33)40-23-26-15-19-39(22-26)20-18-35-31-14-17-34-30-11-5-4-10-28(30)31/h1-5,7-8,10-14,17,21,24,26H,6,9,15-16,18-20,22-23H2,(H,34,35)(H,36,37,38). The van der Waals surface area contributed by atoms with Crippen molar-refractivity contribution in [2.45, 2.75) is 19.3 Å². The smallest absolute Gasteiger partial charge is 0.137 e. The number of fused-ring (bicyclic) bond motifs is 2. The first-order valence-electron chi connectivity index (χ1n) is 14.3. The van der Waals surface area contributed by atoms with Crippen LogP contribution in [0.15, 0.2) is 91.4 Å². The Morgan fingerprint density at radius 3 is 2.67 bits per heavy atom. The van der Waals surface area contributed by atoms with Crippen LogP contribution in [-0.4, -0.2) is 59.2 Å². The molecule has 7 heteroatoms. The van der Waals surface area contributed by atoms with Crippen LogP contribution in [0.3, 0.4) is 0 Å². The second-order valence-corrected chi connectivity index (χ2v) is 10.5. The van der Waals surface area contributed by atoms with Gasteiger partial charge in [0.05, 0.1) is 17.6 Å². The summed E-state index contributed by atoms with van der Waals surface area (Å²) < 4.78 is 6.23. The lowest BCUT2D eigenvalue weighted by Gasteiger charge is -2.18. The van der Waals surface area contributed by atoms with Gasteiger partial charge in [-0.25, -0.2) is 9.97 Å².